The molecule has 0 radical (unpaired) electrons. The van der Waals surface area contributed by atoms with E-state index in [1.165, 1.54) is 0 Å². The Kier molecular flexibility index (Phi) is 10.0. The van der Waals surface area contributed by atoms with E-state index in [2.05, 4.69) is 66.0 Å². The highest BCUT2D eigenvalue weighted by Gasteiger charge is 2.41. The van der Waals surface area contributed by atoms with Gasteiger partial charge in [-0.2, -0.15) is 0 Å². The van der Waals surface area contributed by atoms with Crippen LogP contribution in [0.3, 0.4) is 0 Å². The van der Waals surface area contributed by atoms with E-state index in [1.54, 1.807) is 0 Å². The van der Waals surface area contributed by atoms with Gasteiger partial charge in [0.1, 0.15) is 6.79 Å². The zero-order valence-electron chi connectivity index (χ0n) is 22.2. The van der Waals surface area contributed by atoms with Gasteiger partial charge in [-0.25, -0.2) is 4.89 Å². The van der Waals surface area contributed by atoms with Crippen LogP contribution in [0.5, 0.6) is 0 Å². The molecule has 0 aliphatic carbocycles. The molecule has 0 aromatic rings. The summed E-state index contributed by atoms with van der Waals surface area (Å²) in [6.45, 7) is 19.1. The summed E-state index contributed by atoms with van der Waals surface area (Å²) < 4.78 is 11.8. The predicted octanol–water partition coefficient (Wildman–Crippen LogP) is 5.65. The molecule has 0 amide bonds. The number of piperidine rings is 2. The topological polar surface area (TPSA) is 72.0 Å². The van der Waals surface area contributed by atoms with Gasteiger partial charge in [0.15, 0.2) is 0 Å². The third-order valence-corrected chi connectivity index (χ3v) is 6.95. The Bertz CT molecular complexity index is 530. The van der Waals surface area contributed by atoms with Crippen molar-refractivity contribution in [2.24, 2.45) is 5.92 Å². The second kappa shape index (κ2) is 11.5. The minimum atomic E-state index is -0.0706. The van der Waals surface area contributed by atoms with Crippen molar-refractivity contribution >= 4 is 0 Å². The Balaban J connectivity index is 1.55. The van der Waals surface area contributed by atoms with Crippen LogP contribution in [0.4, 0.5) is 0 Å². The van der Waals surface area contributed by atoms with Crippen LogP contribution in [0.2, 0.25) is 0 Å². The van der Waals surface area contributed by atoms with E-state index in [9.17, 15) is 5.26 Å². The van der Waals surface area contributed by atoms with Gasteiger partial charge in [0, 0.05) is 28.8 Å². The smallest absolute Gasteiger partial charge is 0.147 e. The predicted molar refractivity (Wildman–Crippen MR) is 131 cm³/mol. The van der Waals surface area contributed by atoms with E-state index < -0.39 is 0 Å². The zero-order chi connectivity index (χ0) is 24.0. The van der Waals surface area contributed by atoms with Gasteiger partial charge < -0.3 is 20.1 Å². The van der Waals surface area contributed by atoms with Gasteiger partial charge in [-0.3, -0.25) is 5.26 Å². The molecule has 190 valence electrons. The first kappa shape index (κ1) is 28.0. The highest BCUT2D eigenvalue weighted by Crippen LogP contribution is 2.37. The van der Waals surface area contributed by atoms with Crippen LogP contribution >= 0.6 is 0 Å². The molecular weight excluding hydrogens is 404 g/mol. The molecule has 0 saturated carbocycles. The van der Waals surface area contributed by atoms with E-state index in [1.807, 2.05) is 0 Å². The van der Waals surface area contributed by atoms with Crippen molar-refractivity contribution in [3.63, 3.8) is 0 Å². The molecule has 0 spiro atoms. The van der Waals surface area contributed by atoms with Crippen molar-refractivity contribution in [2.45, 2.75) is 148 Å². The molecular formula is C26H52N2O4. The lowest BCUT2D eigenvalue weighted by Crippen LogP contribution is -2.59. The van der Waals surface area contributed by atoms with Crippen LogP contribution in [-0.2, 0) is 14.4 Å². The van der Waals surface area contributed by atoms with Crippen LogP contribution in [0, 0.1) is 5.92 Å². The molecule has 2 rings (SSSR count). The molecule has 1 atom stereocenters. The molecule has 32 heavy (non-hydrogen) atoms. The molecule has 2 saturated heterocycles. The molecule has 0 bridgehead atoms. The second-order valence-corrected chi connectivity index (χ2v) is 13.0. The average Bonchev–Trinajstić information content (AvgIpc) is 2.58. The van der Waals surface area contributed by atoms with Crippen molar-refractivity contribution in [1.29, 1.82) is 0 Å². The van der Waals surface area contributed by atoms with E-state index in [-0.39, 0.29) is 34.4 Å². The molecule has 6 heteroatoms. The van der Waals surface area contributed by atoms with E-state index in [0.29, 0.717) is 12.7 Å². The van der Waals surface area contributed by atoms with Gasteiger partial charge in [-0.1, -0.05) is 19.3 Å². The first-order valence-corrected chi connectivity index (χ1v) is 12.8. The minimum absolute atomic E-state index is 0.0706. The average molecular weight is 457 g/mol. The Hall–Kier alpha value is -0.240. The van der Waals surface area contributed by atoms with E-state index >= 15 is 0 Å². The van der Waals surface area contributed by atoms with Crippen molar-refractivity contribution in [3.05, 3.63) is 0 Å². The number of unbranched alkanes of at least 4 members (excludes halogenated alkanes) is 3. The number of ether oxygens (including phenoxy) is 2. The Labute approximate surface area is 197 Å². The van der Waals surface area contributed by atoms with Gasteiger partial charge in [0.25, 0.3) is 0 Å². The lowest BCUT2D eigenvalue weighted by Gasteiger charge is -2.48. The quantitative estimate of drug-likeness (QED) is 0.152. The monoisotopic (exact) mass is 456 g/mol. The summed E-state index contributed by atoms with van der Waals surface area (Å²) >= 11 is 0. The summed E-state index contributed by atoms with van der Waals surface area (Å²) in [5.74, 6) is 0.386. The normalized spacial score (nSPS) is 26.2. The maximum atomic E-state index is 9.53. The van der Waals surface area contributed by atoms with Crippen LogP contribution in [0.15, 0.2) is 0 Å². The fourth-order valence-electron chi connectivity index (χ4n) is 6.49. The van der Waals surface area contributed by atoms with Crippen LogP contribution in [0.25, 0.3) is 0 Å². The fraction of sp³-hybridized carbons (Fsp3) is 1.00. The maximum Gasteiger partial charge on any atom is 0.147 e. The number of hydrogen-bond donors (Lipinski definition) is 3. The third-order valence-electron chi connectivity index (χ3n) is 6.95. The largest absolute Gasteiger partial charge is 0.355 e. The Morgan fingerprint density at radius 1 is 0.750 bits per heavy atom. The summed E-state index contributed by atoms with van der Waals surface area (Å²) in [5.41, 5.74) is 0.342. The van der Waals surface area contributed by atoms with Crippen LogP contribution < -0.4 is 10.6 Å². The lowest BCUT2D eigenvalue weighted by atomic mass is 9.73. The van der Waals surface area contributed by atoms with E-state index in [0.717, 1.165) is 64.4 Å². The van der Waals surface area contributed by atoms with Crippen molar-refractivity contribution in [2.75, 3.05) is 13.4 Å². The number of rotatable bonds is 12. The molecule has 3 N–H and O–H groups in total. The molecule has 6 nitrogen and oxygen atoms in total. The third kappa shape index (κ3) is 9.94. The molecule has 1 unspecified atom stereocenters. The standard InChI is InChI=1S/C26H52N2O4/c1-23(2)15-20(16-24(3,4)27-23)22(32-29)13-11-9-10-12-14-30-19-31-21-17-25(5,6)28-26(7,8)18-21/h20-22,27-29H,9-19H2,1-8H3. The van der Waals surface area contributed by atoms with Gasteiger partial charge in [0.2, 0.25) is 0 Å². The van der Waals surface area contributed by atoms with Gasteiger partial charge in [-0.15, -0.1) is 0 Å². The summed E-state index contributed by atoms with van der Waals surface area (Å²) in [5, 5.41) is 16.9. The molecule has 2 fully saturated rings. The summed E-state index contributed by atoms with van der Waals surface area (Å²) in [4.78, 5) is 4.95. The lowest BCUT2D eigenvalue weighted by molar-refractivity contribution is -0.295. The van der Waals surface area contributed by atoms with Gasteiger partial charge in [-0.05, 0) is 99.8 Å². The first-order valence-electron chi connectivity index (χ1n) is 12.8. The van der Waals surface area contributed by atoms with Gasteiger partial charge >= 0.3 is 0 Å². The number of hydrogen-bond acceptors (Lipinski definition) is 6. The second-order valence-electron chi connectivity index (χ2n) is 13.0. The molecule has 2 aliphatic rings. The highest BCUT2D eigenvalue weighted by atomic mass is 17.1. The van der Waals surface area contributed by atoms with Crippen LogP contribution in [0.1, 0.15) is 113 Å². The highest BCUT2D eigenvalue weighted by molar-refractivity contribution is 4.99. The summed E-state index contributed by atoms with van der Waals surface area (Å²) in [6, 6.07) is 0. The van der Waals surface area contributed by atoms with Crippen molar-refractivity contribution < 1.29 is 19.6 Å². The molecule has 0 aromatic carbocycles. The zero-order valence-corrected chi connectivity index (χ0v) is 22.2. The van der Waals surface area contributed by atoms with Crippen LogP contribution in [-0.4, -0.2) is 53.0 Å². The molecule has 2 heterocycles. The molecule has 0 aromatic heterocycles. The van der Waals surface area contributed by atoms with Crippen molar-refractivity contribution in [3.8, 4) is 0 Å². The summed E-state index contributed by atoms with van der Waals surface area (Å²) in [6.07, 6.45) is 9.57. The molecule has 2 aliphatic heterocycles. The Morgan fingerprint density at radius 2 is 1.25 bits per heavy atom. The Morgan fingerprint density at radius 3 is 1.78 bits per heavy atom. The van der Waals surface area contributed by atoms with E-state index in [4.69, 9.17) is 14.4 Å². The summed E-state index contributed by atoms with van der Waals surface area (Å²) in [7, 11) is 0. The SMILES string of the molecule is CC1(C)CC(OCOCCCCCCC(OO)C2CC(C)(C)NC(C)(C)C2)CC(C)(C)N1. The minimum Gasteiger partial charge on any atom is -0.355 e. The van der Waals surface area contributed by atoms with Gasteiger partial charge in [0.05, 0.1) is 12.2 Å². The maximum absolute atomic E-state index is 9.53. The fourth-order valence-corrected chi connectivity index (χ4v) is 6.49. The first-order chi connectivity index (χ1) is 14.7. The number of nitrogens with one attached hydrogen (secondary N) is 2. The van der Waals surface area contributed by atoms with Crippen molar-refractivity contribution in [1.82, 2.24) is 10.6 Å².